The summed E-state index contributed by atoms with van der Waals surface area (Å²) in [7, 11) is -4.15. The van der Waals surface area contributed by atoms with Crippen molar-refractivity contribution < 1.29 is 18.0 Å². The molecule has 2 aliphatic rings. The van der Waals surface area contributed by atoms with Gasteiger partial charge in [0, 0.05) is 5.56 Å². The Morgan fingerprint density at radius 1 is 1.04 bits per heavy atom. The van der Waals surface area contributed by atoms with Crippen molar-refractivity contribution in [2.45, 2.75) is 11.8 Å². The lowest BCUT2D eigenvalue weighted by atomic mass is 10.1. The fourth-order valence-electron chi connectivity index (χ4n) is 2.94. The van der Waals surface area contributed by atoms with Crippen LogP contribution >= 0.6 is 11.8 Å². The standard InChI is InChI=1S/C18H13N3O4S2/c1-10-6-8-11(9-7-10)27(24,25)21-13-5-3-2-4-12(13)14(17(21)23)15-16(22)20-18(19)26-15/h2-9H,1H3,(H2,19,20,22)/b15-14+. The number of amidine groups is 1. The highest BCUT2D eigenvalue weighted by Gasteiger charge is 2.44. The van der Waals surface area contributed by atoms with Crippen molar-refractivity contribution in [1.29, 1.82) is 0 Å². The van der Waals surface area contributed by atoms with Crippen LogP contribution in [0.1, 0.15) is 11.1 Å². The highest BCUT2D eigenvalue weighted by molar-refractivity contribution is 8.18. The number of hydrogen-bond donors (Lipinski definition) is 1. The number of sulfonamides is 1. The highest BCUT2D eigenvalue weighted by Crippen LogP contribution is 2.44. The van der Waals surface area contributed by atoms with Crippen LogP contribution < -0.4 is 10.0 Å². The van der Waals surface area contributed by atoms with Gasteiger partial charge in [0.1, 0.15) is 0 Å². The molecule has 9 heteroatoms. The predicted octanol–water partition coefficient (Wildman–Crippen LogP) is 2.03. The average molecular weight is 399 g/mol. The van der Waals surface area contributed by atoms with Gasteiger partial charge in [0.15, 0.2) is 5.17 Å². The van der Waals surface area contributed by atoms with Crippen molar-refractivity contribution in [2.24, 2.45) is 10.7 Å². The molecule has 4 rings (SSSR count). The number of carbonyl (C=O) groups excluding carboxylic acids is 2. The number of fused-ring (bicyclic) bond motifs is 1. The molecule has 2 aliphatic heterocycles. The average Bonchev–Trinajstić information content (AvgIpc) is 3.10. The minimum atomic E-state index is -4.15. The smallest absolute Gasteiger partial charge is 0.287 e. The topological polar surface area (TPSA) is 110 Å². The fourth-order valence-corrected chi connectivity index (χ4v) is 5.13. The van der Waals surface area contributed by atoms with Gasteiger partial charge in [-0.1, -0.05) is 35.9 Å². The molecule has 0 unspecified atom stereocenters. The summed E-state index contributed by atoms with van der Waals surface area (Å²) in [6.45, 7) is 1.84. The number of nitrogens with zero attached hydrogens (tertiary/aromatic N) is 2. The Bertz CT molecular complexity index is 1170. The monoisotopic (exact) mass is 399 g/mol. The van der Waals surface area contributed by atoms with Crippen molar-refractivity contribution >= 4 is 50.0 Å². The van der Waals surface area contributed by atoms with Crippen molar-refractivity contribution in [1.82, 2.24) is 0 Å². The first-order valence-electron chi connectivity index (χ1n) is 7.87. The third kappa shape index (κ3) is 2.66. The summed E-state index contributed by atoms with van der Waals surface area (Å²) in [5, 5.41) is 0.0209. The first-order valence-corrected chi connectivity index (χ1v) is 10.1. The lowest BCUT2D eigenvalue weighted by molar-refractivity contribution is -0.114. The van der Waals surface area contributed by atoms with Crippen molar-refractivity contribution in [3.8, 4) is 0 Å². The molecule has 0 saturated heterocycles. The number of thioether (sulfide) groups is 1. The number of aliphatic imine (C=N–C) groups is 1. The normalized spacial score (nSPS) is 19.4. The second-order valence-electron chi connectivity index (χ2n) is 5.97. The van der Waals surface area contributed by atoms with E-state index < -0.39 is 21.8 Å². The van der Waals surface area contributed by atoms with Gasteiger partial charge in [-0.05, 0) is 36.9 Å². The van der Waals surface area contributed by atoms with Crippen LogP contribution in [-0.4, -0.2) is 25.4 Å². The number of benzene rings is 2. The largest absolute Gasteiger partial charge is 0.378 e. The maximum absolute atomic E-state index is 13.2. The summed E-state index contributed by atoms with van der Waals surface area (Å²) in [4.78, 5) is 28.9. The quantitative estimate of drug-likeness (QED) is 0.774. The molecule has 0 aliphatic carbocycles. The molecule has 0 bridgehead atoms. The van der Waals surface area contributed by atoms with E-state index in [1.54, 1.807) is 30.3 Å². The van der Waals surface area contributed by atoms with E-state index in [2.05, 4.69) is 4.99 Å². The molecule has 2 aromatic rings. The van der Waals surface area contributed by atoms with Crippen LogP contribution in [0.2, 0.25) is 0 Å². The molecule has 27 heavy (non-hydrogen) atoms. The van der Waals surface area contributed by atoms with E-state index >= 15 is 0 Å². The zero-order valence-corrected chi connectivity index (χ0v) is 15.7. The molecular formula is C18H13N3O4S2. The Morgan fingerprint density at radius 2 is 1.70 bits per heavy atom. The number of nitrogens with two attached hydrogens (primary N) is 1. The Hall–Kier alpha value is -2.91. The minimum absolute atomic E-state index is 0.000451. The molecule has 0 atom stereocenters. The minimum Gasteiger partial charge on any atom is -0.378 e. The summed E-state index contributed by atoms with van der Waals surface area (Å²) in [6, 6.07) is 12.6. The molecule has 0 radical (unpaired) electrons. The second kappa shape index (κ2) is 6.07. The van der Waals surface area contributed by atoms with Gasteiger partial charge in [0.2, 0.25) is 0 Å². The van der Waals surface area contributed by atoms with E-state index in [4.69, 9.17) is 5.73 Å². The third-order valence-electron chi connectivity index (χ3n) is 4.19. The van der Waals surface area contributed by atoms with Gasteiger partial charge in [-0.2, -0.15) is 9.30 Å². The van der Waals surface area contributed by atoms with Crippen LogP contribution in [0.3, 0.4) is 0 Å². The van der Waals surface area contributed by atoms with E-state index in [0.29, 0.717) is 5.56 Å². The first-order chi connectivity index (χ1) is 12.8. The van der Waals surface area contributed by atoms with Gasteiger partial charge in [-0.25, -0.2) is 8.42 Å². The van der Waals surface area contributed by atoms with Gasteiger partial charge in [0.05, 0.1) is 21.1 Å². The van der Waals surface area contributed by atoms with Gasteiger partial charge in [-0.15, -0.1) is 0 Å². The molecule has 0 fully saturated rings. The van der Waals surface area contributed by atoms with Crippen LogP contribution in [0.25, 0.3) is 5.57 Å². The van der Waals surface area contributed by atoms with Crippen LogP contribution in [0.15, 0.2) is 63.3 Å². The fraction of sp³-hybridized carbons (Fsp3) is 0.0556. The van der Waals surface area contributed by atoms with Gasteiger partial charge in [-0.3, -0.25) is 9.59 Å². The van der Waals surface area contributed by atoms with Crippen LogP contribution in [0.4, 0.5) is 5.69 Å². The predicted molar refractivity (Wildman–Crippen MR) is 103 cm³/mol. The molecule has 136 valence electrons. The summed E-state index contributed by atoms with van der Waals surface area (Å²) in [5.41, 5.74) is 7.04. The molecule has 7 nitrogen and oxygen atoms in total. The van der Waals surface area contributed by atoms with Crippen molar-refractivity contribution in [2.75, 3.05) is 4.31 Å². The van der Waals surface area contributed by atoms with Gasteiger partial charge < -0.3 is 5.73 Å². The number of rotatable bonds is 2. The Morgan fingerprint density at radius 3 is 2.33 bits per heavy atom. The zero-order chi connectivity index (χ0) is 19.3. The van der Waals surface area contributed by atoms with Crippen LogP contribution in [-0.2, 0) is 19.6 Å². The maximum atomic E-state index is 13.2. The SMILES string of the molecule is Cc1ccc(S(=O)(=O)N2C(=O)/C(=C3/SC(N)=NC3=O)c3ccccc32)cc1. The second-order valence-corrected chi connectivity index (χ2v) is 8.78. The lowest BCUT2D eigenvalue weighted by Gasteiger charge is -2.17. The Balaban J connectivity index is 1.92. The van der Waals surface area contributed by atoms with Crippen molar-refractivity contribution in [3.63, 3.8) is 0 Å². The van der Waals surface area contributed by atoms with Crippen LogP contribution in [0.5, 0.6) is 0 Å². The maximum Gasteiger partial charge on any atom is 0.287 e. The summed E-state index contributed by atoms with van der Waals surface area (Å²) < 4.78 is 27.1. The Kier molecular flexibility index (Phi) is 3.93. The summed E-state index contributed by atoms with van der Waals surface area (Å²) >= 11 is 0.864. The number of carbonyl (C=O) groups is 2. The van der Waals surface area contributed by atoms with E-state index in [0.717, 1.165) is 21.6 Å². The molecule has 2 heterocycles. The molecule has 0 saturated carbocycles. The number of aryl methyl sites for hydroxylation is 1. The molecule has 2 aromatic carbocycles. The highest BCUT2D eigenvalue weighted by atomic mass is 32.2. The number of para-hydroxylation sites is 1. The first kappa shape index (κ1) is 17.5. The number of hydrogen-bond acceptors (Lipinski definition) is 6. The summed E-state index contributed by atoms with van der Waals surface area (Å²) in [5.74, 6) is -1.44. The van der Waals surface area contributed by atoms with E-state index in [1.165, 1.54) is 18.2 Å². The van der Waals surface area contributed by atoms with E-state index in [9.17, 15) is 18.0 Å². The van der Waals surface area contributed by atoms with E-state index in [1.807, 2.05) is 6.92 Å². The number of anilines is 1. The van der Waals surface area contributed by atoms with Crippen LogP contribution in [0, 0.1) is 6.92 Å². The van der Waals surface area contributed by atoms with Crippen molar-refractivity contribution in [3.05, 3.63) is 64.6 Å². The van der Waals surface area contributed by atoms with Gasteiger partial charge in [0.25, 0.3) is 21.8 Å². The zero-order valence-electron chi connectivity index (χ0n) is 14.0. The molecular weight excluding hydrogens is 386 g/mol. The molecule has 0 spiro atoms. The molecule has 2 amide bonds. The summed E-state index contributed by atoms with van der Waals surface area (Å²) in [6.07, 6.45) is 0. The van der Waals surface area contributed by atoms with E-state index in [-0.39, 0.29) is 26.2 Å². The number of amides is 2. The molecule has 2 N–H and O–H groups in total. The lowest BCUT2D eigenvalue weighted by Crippen LogP contribution is -2.33. The Labute approximate surface area is 159 Å². The van der Waals surface area contributed by atoms with Gasteiger partial charge >= 0.3 is 0 Å². The molecule has 0 aromatic heterocycles. The third-order valence-corrected chi connectivity index (χ3v) is 6.78.